The van der Waals surface area contributed by atoms with Crippen LogP contribution in [0.5, 0.6) is 0 Å². The molecule has 3 unspecified atom stereocenters. The molecule has 3 nitrogen and oxygen atoms in total. The Morgan fingerprint density at radius 2 is 2.00 bits per heavy atom. The maximum Gasteiger partial charge on any atom is 0.0779 e. The van der Waals surface area contributed by atoms with E-state index in [9.17, 15) is 0 Å². The third-order valence-corrected chi connectivity index (χ3v) is 5.12. The Morgan fingerprint density at radius 3 is 2.71 bits per heavy atom. The maximum atomic E-state index is 5.98. The second-order valence-electron chi connectivity index (χ2n) is 6.30. The summed E-state index contributed by atoms with van der Waals surface area (Å²) >= 11 is 0. The molecule has 3 heteroatoms. The first-order valence-electron chi connectivity index (χ1n) is 8.49. The minimum atomic E-state index is 0.452. The molecule has 3 rings (SSSR count). The highest BCUT2D eigenvalue weighted by Gasteiger charge is 2.34. The highest BCUT2D eigenvalue weighted by molar-refractivity contribution is 5.50. The minimum absolute atomic E-state index is 0.452. The molecule has 1 aliphatic carbocycles. The highest BCUT2D eigenvalue weighted by atomic mass is 16.5. The number of morpholine rings is 1. The lowest BCUT2D eigenvalue weighted by molar-refractivity contribution is -0.00867. The smallest absolute Gasteiger partial charge is 0.0779 e. The molecule has 1 aliphatic heterocycles. The van der Waals surface area contributed by atoms with Crippen molar-refractivity contribution < 1.29 is 4.74 Å². The summed E-state index contributed by atoms with van der Waals surface area (Å²) in [5.41, 5.74) is 2.75. The van der Waals surface area contributed by atoms with Gasteiger partial charge in [0, 0.05) is 18.3 Å². The van der Waals surface area contributed by atoms with E-state index in [1.54, 1.807) is 0 Å². The molecule has 116 valence electrons. The molecule has 0 amide bonds. The molecule has 0 aromatic heterocycles. The summed E-state index contributed by atoms with van der Waals surface area (Å²) in [5, 5.41) is 3.38. The number of rotatable bonds is 4. The van der Waals surface area contributed by atoms with Gasteiger partial charge in [0.05, 0.1) is 18.8 Å². The van der Waals surface area contributed by atoms with Gasteiger partial charge in [-0.1, -0.05) is 31.9 Å². The first-order valence-corrected chi connectivity index (χ1v) is 8.49. The molecule has 3 atom stereocenters. The summed E-state index contributed by atoms with van der Waals surface area (Å²) in [6.45, 7) is 4.13. The molecular formula is C18H28N2O. The van der Waals surface area contributed by atoms with E-state index in [1.807, 2.05) is 7.05 Å². The second kappa shape index (κ2) is 6.80. The lowest BCUT2D eigenvalue weighted by atomic mass is 9.89. The average molecular weight is 288 g/mol. The molecule has 1 aromatic carbocycles. The van der Waals surface area contributed by atoms with E-state index in [2.05, 4.69) is 41.4 Å². The largest absolute Gasteiger partial charge is 0.374 e. The van der Waals surface area contributed by atoms with Gasteiger partial charge in [-0.3, -0.25) is 0 Å². The van der Waals surface area contributed by atoms with Gasteiger partial charge in [0.2, 0.25) is 0 Å². The Hall–Kier alpha value is -1.06. The Labute approximate surface area is 128 Å². The molecule has 0 radical (unpaired) electrons. The number of benzene rings is 1. The zero-order valence-corrected chi connectivity index (χ0v) is 13.3. The van der Waals surface area contributed by atoms with E-state index in [1.165, 1.54) is 36.9 Å². The standard InChI is InChI=1S/C18H28N2O/c1-3-16(19-2)14-8-10-15(11-9-14)20-12-13-21-18-7-5-4-6-17(18)20/h8-11,16-19H,3-7,12-13H2,1-2H3. The van der Waals surface area contributed by atoms with Crippen molar-refractivity contribution in [2.45, 2.75) is 57.2 Å². The van der Waals surface area contributed by atoms with Crippen LogP contribution in [0, 0.1) is 0 Å². The summed E-state index contributed by atoms with van der Waals surface area (Å²) in [7, 11) is 2.04. The van der Waals surface area contributed by atoms with Crippen molar-refractivity contribution in [1.29, 1.82) is 0 Å². The SMILES string of the molecule is CCC(NC)c1ccc(N2CCOC3CCCCC32)cc1. The number of nitrogens with zero attached hydrogens (tertiary/aromatic N) is 1. The van der Waals surface area contributed by atoms with Crippen molar-refractivity contribution in [2.24, 2.45) is 0 Å². The Balaban J connectivity index is 1.76. The first kappa shape index (κ1) is 14.9. The van der Waals surface area contributed by atoms with Crippen LogP contribution in [0.25, 0.3) is 0 Å². The Morgan fingerprint density at radius 1 is 1.24 bits per heavy atom. The van der Waals surface area contributed by atoms with E-state index in [0.29, 0.717) is 18.2 Å². The molecular weight excluding hydrogens is 260 g/mol. The van der Waals surface area contributed by atoms with Gasteiger partial charge in [-0.15, -0.1) is 0 Å². The lowest BCUT2D eigenvalue weighted by Crippen LogP contribution is -2.52. The van der Waals surface area contributed by atoms with Gasteiger partial charge < -0.3 is 15.0 Å². The number of fused-ring (bicyclic) bond motifs is 1. The van der Waals surface area contributed by atoms with Crippen LogP contribution >= 0.6 is 0 Å². The lowest BCUT2D eigenvalue weighted by Gasteiger charge is -2.45. The number of hydrogen-bond acceptors (Lipinski definition) is 3. The number of hydrogen-bond donors (Lipinski definition) is 1. The Bertz CT molecular complexity index is 439. The zero-order valence-electron chi connectivity index (χ0n) is 13.3. The van der Waals surface area contributed by atoms with E-state index in [0.717, 1.165) is 19.6 Å². The average Bonchev–Trinajstić information content (AvgIpc) is 2.56. The van der Waals surface area contributed by atoms with Crippen LogP contribution in [0.1, 0.15) is 50.6 Å². The van der Waals surface area contributed by atoms with Crippen molar-refractivity contribution in [3.05, 3.63) is 29.8 Å². The van der Waals surface area contributed by atoms with Crippen LogP contribution in [0.4, 0.5) is 5.69 Å². The van der Waals surface area contributed by atoms with Gasteiger partial charge >= 0.3 is 0 Å². The number of ether oxygens (including phenoxy) is 1. The van der Waals surface area contributed by atoms with Crippen LogP contribution in [0.2, 0.25) is 0 Å². The van der Waals surface area contributed by atoms with Crippen molar-refractivity contribution in [3.8, 4) is 0 Å². The molecule has 0 spiro atoms. The van der Waals surface area contributed by atoms with Gasteiger partial charge in [-0.2, -0.15) is 0 Å². The van der Waals surface area contributed by atoms with Gasteiger partial charge in [0.25, 0.3) is 0 Å². The summed E-state index contributed by atoms with van der Waals surface area (Å²) in [6, 6.07) is 10.2. The topological polar surface area (TPSA) is 24.5 Å². The van der Waals surface area contributed by atoms with Gasteiger partial charge in [-0.25, -0.2) is 0 Å². The van der Waals surface area contributed by atoms with Crippen molar-refractivity contribution in [2.75, 3.05) is 25.1 Å². The normalized spacial score (nSPS) is 27.2. The fourth-order valence-electron chi connectivity index (χ4n) is 3.92. The maximum absolute atomic E-state index is 5.98. The summed E-state index contributed by atoms with van der Waals surface area (Å²) in [5.74, 6) is 0. The third-order valence-electron chi connectivity index (χ3n) is 5.12. The second-order valence-corrected chi connectivity index (χ2v) is 6.30. The molecule has 1 heterocycles. The quantitative estimate of drug-likeness (QED) is 0.917. The zero-order chi connectivity index (χ0) is 14.7. The molecule has 1 saturated carbocycles. The monoisotopic (exact) mass is 288 g/mol. The van der Waals surface area contributed by atoms with Crippen LogP contribution in [0.15, 0.2) is 24.3 Å². The van der Waals surface area contributed by atoms with Crippen molar-refractivity contribution in [1.82, 2.24) is 5.32 Å². The molecule has 1 N–H and O–H groups in total. The van der Waals surface area contributed by atoms with E-state index in [4.69, 9.17) is 4.74 Å². The molecule has 1 aromatic rings. The van der Waals surface area contributed by atoms with Crippen molar-refractivity contribution >= 4 is 5.69 Å². The molecule has 2 fully saturated rings. The Kier molecular flexibility index (Phi) is 4.81. The highest BCUT2D eigenvalue weighted by Crippen LogP contribution is 2.32. The number of nitrogens with one attached hydrogen (secondary N) is 1. The minimum Gasteiger partial charge on any atom is -0.374 e. The summed E-state index contributed by atoms with van der Waals surface area (Å²) in [4.78, 5) is 2.58. The predicted molar refractivity (Wildman–Crippen MR) is 87.9 cm³/mol. The van der Waals surface area contributed by atoms with E-state index in [-0.39, 0.29) is 0 Å². The van der Waals surface area contributed by atoms with E-state index < -0.39 is 0 Å². The van der Waals surface area contributed by atoms with Crippen LogP contribution in [0.3, 0.4) is 0 Å². The molecule has 0 bridgehead atoms. The van der Waals surface area contributed by atoms with Gasteiger partial charge in [0.15, 0.2) is 0 Å². The first-order chi connectivity index (χ1) is 10.3. The fraction of sp³-hybridized carbons (Fsp3) is 0.667. The predicted octanol–water partition coefficient (Wildman–Crippen LogP) is 3.50. The molecule has 1 saturated heterocycles. The van der Waals surface area contributed by atoms with Gasteiger partial charge in [0.1, 0.15) is 0 Å². The van der Waals surface area contributed by atoms with Crippen molar-refractivity contribution in [3.63, 3.8) is 0 Å². The summed E-state index contributed by atoms with van der Waals surface area (Å²) in [6.07, 6.45) is 6.76. The van der Waals surface area contributed by atoms with Crippen LogP contribution in [-0.2, 0) is 4.74 Å². The van der Waals surface area contributed by atoms with Crippen LogP contribution in [-0.4, -0.2) is 32.3 Å². The van der Waals surface area contributed by atoms with E-state index >= 15 is 0 Å². The summed E-state index contributed by atoms with van der Waals surface area (Å²) < 4.78 is 5.98. The molecule has 2 aliphatic rings. The molecule has 21 heavy (non-hydrogen) atoms. The van der Waals surface area contributed by atoms with Gasteiger partial charge in [-0.05, 0) is 44.0 Å². The number of anilines is 1. The van der Waals surface area contributed by atoms with Crippen LogP contribution < -0.4 is 10.2 Å². The fourth-order valence-corrected chi connectivity index (χ4v) is 3.92. The third kappa shape index (κ3) is 3.09.